The number of hydrogen-bond acceptors (Lipinski definition) is 6. The maximum absolute atomic E-state index is 12.8. The molecule has 6 nitrogen and oxygen atoms in total. The van der Waals surface area contributed by atoms with E-state index in [0.29, 0.717) is 19.3 Å². The fourth-order valence-electron chi connectivity index (χ4n) is 6.55. The molecular formula is C57H92O6. The second kappa shape index (κ2) is 50.7. The van der Waals surface area contributed by atoms with E-state index in [4.69, 9.17) is 14.2 Å². The Balaban J connectivity index is 4.47. The second-order valence-corrected chi connectivity index (χ2v) is 16.4. The first-order valence-corrected chi connectivity index (χ1v) is 25.4. The highest BCUT2D eigenvalue weighted by atomic mass is 16.6. The third-order valence-corrected chi connectivity index (χ3v) is 10.3. The number of ether oxygens (including phenoxy) is 3. The number of carbonyl (C=O) groups excluding carboxylic acids is 3. The Labute approximate surface area is 387 Å². The van der Waals surface area contributed by atoms with Crippen molar-refractivity contribution in [2.45, 2.75) is 219 Å². The molecule has 0 bridgehead atoms. The molecule has 0 spiro atoms. The Morgan fingerprint density at radius 1 is 0.349 bits per heavy atom. The molecule has 6 heteroatoms. The van der Waals surface area contributed by atoms with Crippen LogP contribution in [0.1, 0.15) is 213 Å². The molecule has 0 aromatic heterocycles. The molecule has 356 valence electrons. The van der Waals surface area contributed by atoms with Gasteiger partial charge >= 0.3 is 17.9 Å². The van der Waals surface area contributed by atoms with Crippen molar-refractivity contribution in [3.63, 3.8) is 0 Å². The van der Waals surface area contributed by atoms with Gasteiger partial charge in [0.1, 0.15) is 13.2 Å². The minimum absolute atomic E-state index is 0.109. The molecule has 0 N–H and O–H groups in total. The van der Waals surface area contributed by atoms with Crippen LogP contribution in [0.15, 0.2) is 109 Å². The third kappa shape index (κ3) is 49.0. The van der Waals surface area contributed by atoms with Gasteiger partial charge in [-0.25, -0.2) is 0 Å². The van der Waals surface area contributed by atoms with E-state index >= 15 is 0 Å². The van der Waals surface area contributed by atoms with Gasteiger partial charge in [0.2, 0.25) is 0 Å². The van der Waals surface area contributed by atoms with E-state index in [-0.39, 0.29) is 37.5 Å². The Bertz CT molecular complexity index is 1330. The van der Waals surface area contributed by atoms with Crippen molar-refractivity contribution >= 4 is 17.9 Å². The van der Waals surface area contributed by atoms with Crippen LogP contribution in [0.4, 0.5) is 0 Å². The SMILES string of the molecule is CC\C=C/C=C\C=C/C=C\CCCCCC(=O)OC(COC(=O)CCCCC/C=C\CCCCCCCC)COC(=O)CCCCCCCC/C=C\C/C=C\C/C=C\C/C=C\CC. The molecule has 0 fully saturated rings. The average Bonchev–Trinajstić information content (AvgIpc) is 3.28. The highest BCUT2D eigenvalue weighted by Gasteiger charge is 2.19. The van der Waals surface area contributed by atoms with Crippen molar-refractivity contribution in [2.75, 3.05) is 13.2 Å². The van der Waals surface area contributed by atoms with Crippen LogP contribution in [-0.2, 0) is 28.6 Å². The summed E-state index contributed by atoms with van der Waals surface area (Å²) in [5.41, 5.74) is 0. The molecule has 1 atom stereocenters. The van der Waals surface area contributed by atoms with Gasteiger partial charge in [0.15, 0.2) is 6.10 Å². The smallest absolute Gasteiger partial charge is 0.306 e. The van der Waals surface area contributed by atoms with Crippen LogP contribution < -0.4 is 0 Å². The lowest BCUT2D eigenvalue weighted by molar-refractivity contribution is -0.167. The molecule has 0 heterocycles. The number of carbonyl (C=O) groups is 3. The highest BCUT2D eigenvalue weighted by molar-refractivity contribution is 5.71. The lowest BCUT2D eigenvalue weighted by Crippen LogP contribution is -2.30. The van der Waals surface area contributed by atoms with E-state index in [9.17, 15) is 14.4 Å². The van der Waals surface area contributed by atoms with Crippen molar-refractivity contribution in [3.05, 3.63) is 109 Å². The van der Waals surface area contributed by atoms with Gasteiger partial charge in [-0.2, -0.15) is 0 Å². The Morgan fingerprint density at radius 2 is 0.698 bits per heavy atom. The first-order valence-electron chi connectivity index (χ1n) is 25.4. The van der Waals surface area contributed by atoms with Gasteiger partial charge in [0.05, 0.1) is 0 Å². The summed E-state index contributed by atoms with van der Waals surface area (Å²) < 4.78 is 16.7. The monoisotopic (exact) mass is 873 g/mol. The van der Waals surface area contributed by atoms with Crippen LogP contribution in [-0.4, -0.2) is 37.2 Å². The van der Waals surface area contributed by atoms with Crippen LogP contribution in [0.3, 0.4) is 0 Å². The van der Waals surface area contributed by atoms with E-state index in [1.54, 1.807) is 0 Å². The van der Waals surface area contributed by atoms with Gasteiger partial charge in [0.25, 0.3) is 0 Å². The fraction of sp³-hybridized carbons (Fsp3) is 0.632. The first-order chi connectivity index (χ1) is 31.0. The summed E-state index contributed by atoms with van der Waals surface area (Å²) in [7, 11) is 0. The number of unbranched alkanes of at least 4 members (excludes halogenated alkanes) is 18. The predicted octanol–water partition coefficient (Wildman–Crippen LogP) is 16.8. The molecule has 0 saturated heterocycles. The minimum atomic E-state index is -0.811. The van der Waals surface area contributed by atoms with Crippen molar-refractivity contribution < 1.29 is 28.6 Å². The lowest BCUT2D eigenvalue weighted by Gasteiger charge is -2.18. The Morgan fingerprint density at radius 3 is 1.19 bits per heavy atom. The summed E-state index contributed by atoms with van der Waals surface area (Å²) >= 11 is 0. The molecule has 0 saturated carbocycles. The molecule has 0 radical (unpaired) electrons. The summed E-state index contributed by atoms with van der Waals surface area (Å²) in [5.74, 6) is -0.984. The van der Waals surface area contributed by atoms with E-state index in [1.807, 2.05) is 36.5 Å². The molecule has 0 aliphatic carbocycles. The quantitative estimate of drug-likeness (QED) is 0.0199. The Kier molecular flexibility index (Phi) is 47.5. The summed E-state index contributed by atoms with van der Waals surface area (Å²) in [6.45, 7) is 6.30. The molecule has 0 aromatic rings. The van der Waals surface area contributed by atoms with Gasteiger partial charge in [-0.3, -0.25) is 14.4 Å². The van der Waals surface area contributed by atoms with E-state index < -0.39 is 6.10 Å². The molecule has 63 heavy (non-hydrogen) atoms. The molecule has 1 unspecified atom stereocenters. The number of esters is 3. The molecule has 0 aromatic carbocycles. The first kappa shape index (κ1) is 59.1. The third-order valence-electron chi connectivity index (χ3n) is 10.3. The maximum Gasteiger partial charge on any atom is 0.306 e. The van der Waals surface area contributed by atoms with Crippen LogP contribution in [0, 0.1) is 0 Å². The van der Waals surface area contributed by atoms with E-state index in [2.05, 4.69) is 93.7 Å². The standard InChI is InChI=1S/C57H92O6/c1-4-7-10-13-16-19-22-25-26-27-28-29-30-33-35-38-41-44-47-50-56(59)62-53-54(63-57(60)51-48-45-42-39-36-32-24-21-18-15-12-9-6-3)52-61-55(58)49-46-43-40-37-34-31-23-20-17-14-11-8-5-2/h7,9-10,12,15-16,18-19,21,24-26,28-29,31-32,34,36,54H,4-6,8,11,13-14,17,20,22-23,27,30,33,35,37-53H2,1-3H3/b10-7-,12-9-,18-15-,19-16-,24-21-,26-25-,29-28-,34-31-,36-32-. The zero-order valence-electron chi connectivity index (χ0n) is 40.5. The maximum atomic E-state index is 12.8. The molecule has 0 amide bonds. The van der Waals surface area contributed by atoms with Crippen molar-refractivity contribution in [3.8, 4) is 0 Å². The zero-order chi connectivity index (χ0) is 45.8. The predicted molar refractivity (Wildman–Crippen MR) is 270 cm³/mol. The van der Waals surface area contributed by atoms with Crippen molar-refractivity contribution in [2.24, 2.45) is 0 Å². The number of rotatable bonds is 44. The highest BCUT2D eigenvalue weighted by Crippen LogP contribution is 2.13. The van der Waals surface area contributed by atoms with Crippen LogP contribution in [0.2, 0.25) is 0 Å². The molecular weight excluding hydrogens is 781 g/mol. The summed E-state index contributed by atoms with van der Waals surface area (Å²) in [5, 5.41) is 0. The van der Waals surface area contributed by atoms with Crippen molar-refractivity contribution in [1.29, 1.82) is 0 Å². The summed E-state index contributed by atoms with van der Waals surface area (Å²) in [6.07, 6.45) is 67.9. The van der Waals surface area contributed by atoms with Gasteiger partial charge in [-0.1, -0.05) is 201 Å². The molecule has 0 aliphatic heterocycles. The molecule has 0 rings (SSSR count). The number of allylic oxidation sites excluding steroid dienone is 18. The van der Waals surface area contributed by atoms with Crippen LogP contribution >= 0.6 is 0 Å². The van der Waals surface area contributed by atoms with Crippen LogP contribution in [0.5, 0.6) is 0 Å². The van der Waals surface area contributed by atoms with Gasteiger partial charge in [-0.15, -0.1) is 0 Å². The van der Waals surface area contributed by atoms with Gasteiger partial charge in [0, 0.05) is 19.3 Å². The summed E-state index contributed by atoms with van der Waals surface area (Å²) in [4.78, 5) is 37.9. The average molecular weight is 873 g/mol. The van der Waals surface area contributed by atoms with E-state index in [0.717, 1.165) is 116 Å². The Hall–Kier alpha value is -3.93. The van der Waals surface area contributed by atoms with Gasteiger partial charge < -0.3 is 14.2 Å². The normalized spacial score (nSPS) is 13.0. The van der Waals surface area contributed by atoms with E-state index in [1.165, 1.54) is 51.4 Å². The van der Waals surface area contributed by atoms with Gasteiger partial charge in [-0.05, 0) is 103 Å². The van der Waals surface area contributed by atoms with Crippen LogP contribution in [0.25, 0.3) is 0 Å². The molecule has 0 aliphatic rings. The zero-order valence-corrected chi connectivity index (χ0v) is 40.5. The second-order valence-electron chi connectivity index (χ2n) is 16.4. The van der Waals surface area contributed by atoms with Crippen molar-refractivity contribution in [1.82, 2.24) is 0 Å². The topological polar surface area (TPSA) is 78.9 Å². The summed E-state index contributed by atoms with van der Waals surface area (Å²) in [6, 6.07) is 0. The largest absolute Gasteiger partial charge is 0.462 e. The fourth-order valence-corrected chi connectivity index (χ4v) is 6.55. The minimum Gasteiger partial charge on any atom is -0.462 e. The lowest BCUT2D eigenvalue weighted by atomic mass is 10.1. The number of hydrogen-bond donors (Lipinski definition) is 0.